The van der Waals surface area contributed by atoms with Crippen molar-refractivity contribution in [2.45, 2.75) is 27.2 Å². The summed E-state index contributed by atoms with van der Waals surface area (Å²) in [6, 6.07) is 10.9. The lowest BCUT2D eigenvalue weighted by atomic mass is 10.1. The van der Waals surface area contributed by atoms with Crippen LogP contribution in [0.3, 0.4) is 0 Å². The Morgan fingerprint density at radius 1 is 1.29 bits per heavy atom. The van der Waals surface area contributed by atoms with E-state index in [4.69, 9.17) is 16.3 Å². The number of carbonyl (C=O) groups is 1. The standard InChI is InChI=1S/C19H21BrClNO2/c1-12(2)9-10-24-18-8-7-14(20)11-15(18)19(23)22-17-6-4-5-16(21)13(17)3/h4-8,11-12H,9-10H2,1-3H3,(H,22,23). The largest absolute Gasteiger partial charge is 0.493 e. The van der Waals surface area contributed by atoms with Crippen molar-refractivity contribution in [3.05, 3.63) is 57.0 Å². The molecule has 128 valence electrons. The lowest BCUT2D eigenvalue weighted by Gasteiger charge is -2.14. The summed E-state index contributed by atoms with van der Waals surface area (Å²) in [6.07, 6.45) is 0.935. The molecule has 0 aliphatic heterocycles. The number of rotatable bonds is 6. The molecule has 0 unspecified atom stereocenters. The molecule has 0 bridgehead atoms. The third kappa shape index (κ3) is 4.99. The molecular weight excluding hydrogens is 390 g/mol. The van der Waals surface area contributed by atoms with Crippen molar-refractivity contribution < 1.29 is 9.53 Å². The average molecular weight is 411 g/mol. The second-order valence-electron chi connectivity index (χ2n) is 6.04. The molecule has 24 heavy (non-hydrogen) atoms. The van der Waals surface area contributed by atoms with Gasteiger partial charge in [0.25, 0.3) is 5.91 Å². The maximum absolute atomic E-state index is 12.7. The van der Waals surface area contributed by atoms with Gasteiger partial charge in [-0.1, -0.05) is 47.4 Å². The van der Waals surface area contributed by atoms with Gasteiger partial charge in [-0.15, -0.1) is 0 Å². The molecule has 0 aliphatic rings. The first-order valence-electron chi connectivity index (χ1n) is 7.87. The summed E-state index contributed by atoms with van der Waals surface area (Å²) in [5.74, 6) is 0.907. The molecular formula is C19H21BrClNO2. The van der Waals surface area contributed by atoms with E-state index >= 15 is 0 Å². The summed E-state index contributed by atoms with van der Waals surface area (Å²) >= 11 is 9.53. The molecule has 0 saturated heterocycles. The van der Waals surface area contributed by atoms with Crippen LogP contribution in [0.15, 0.2) is 40.9 Å². The third-order valence-electron chi connectivity index (χ3n) is 3.65. The first-order chi connectivity index (χ1) is 11.4. The van der Waals surface area contributed by atoms with Gasteiger partial charge in [0.2, 0.25) is 0 Å². The smallest absolute Gasteiger partial charge is 0.259 e. The van der Waals surface area contributed by atoms with E-state index in [0.29, 0.717) is 34.5 Å². The van der Waals surface area contributed by atoms with Gasteiger partial charge >= 0.3 is 0 Å². The second kappa shape index (κ2) is 8.54. The van der Waals surface area contributed by atoms with Gasteiger partial charge < -0.3 is 10.1 Å². The predicted octanol–water partition coefficient (Wildman–Crippen LogP) is 6.09. The van der Waals surface area contributed by atoms with E-state index < -0.39 is 0 Å². The van der Waals surface area contributed by atoms with E-state index in [9.17, 15) is 4.79 Å². The lowest BCUT2D eigenvalue weighted by molar-refractivity contribution is 0.102. The highest BCUT2D eigenvalue weighted by Crippen LogP contribution is 2.27. The molecule has 0 atom stereocenters. The summed E-state index contributed by atoms with van der Waals surface area (Å²) < 4.78 is 6.63. The minimum atomic E-state index is -0.221. The average Bonchev–Trinajstić information content (AvgIpc) is 2.52. The van der Waals surface area contributed by atoms with Crippen molar-refractivity contribution in [2.24, 2.45) is 5.92 Å². The van der Waals surface area contributed by atoms with Gasteiger partial charge in [0, 0.05) is 15.2 Å². The Kier molecular flexibility index (Phi) is 6.69. The van der Waals surface area contributed by atoms with Gasteiger partial charge in [0.1, 0.15) is 5.75 Å². The minimum absolute atomic E-state index is 0.221. The van der Waals surface area contributed by atoms with Gasteiger partial charge in [-0.05, 0) is 55.2 Å². The molecule has 2 aromatic rings. The number of carbonyl (C=O) groups excluding carboxylic acids is 1. The van der Waals surface area contributed by atoms with Crippen molar-refractivity contribution in [1.82, 2.24) is 0 Å². The number of anilines is 1. The van der Waals surface area contributed by atoms with Gasteiger partial charge in [-0.2, -0.15) is 0 Å². The van der Waals surface area contributed by atoms with Crippen LogP contribution in [0.2, 0.25) is 5.02 Å². The number of ether oxygens (including phenoxy) is 1. The molecule has 1 N–H and O–H groups in total. The Labute approximate surface area is 156 Å². The van der Waals surface area contributed by atoms with Gasteiger partial charge in [0.15, 0.2) is 0 Å². The Morgan fingerprint density at radius 2 is 2.04 bits per heavy atom. The number of benzene rings is 2. The zero-order valence-corrected chi connectivity index (χ0v) is 16.4. The molecule has 0 radical (unpaired) electrons. The van der Waals surface area contributed by atoms with Crippen molar-refractivity contribution in [2.75, 3.05) is 11.9 Å². The molecule has 2 rings (SSSR count). The Bertz CT molecular complexity index is 731. The fourth-order valence-electron chi connectivity index (χ4n) is 2.14. The van der Waals surface area contributed by atoms with Crippen LogP contribution < -0.4 is 10.1 Å². The topological polar surface area (TPSA) is 38.3 Å². The first-order valence-corrected chi connectivity index (χ1v) is 9.04. The molecule has 3 nitrogen and oxygen atoms in total. The normalized spacial score (nSPS) is 10.8. The molecule has 0 heterocycles. The van der Waals surface area contributed by atoms with Crippen molar-refractivity contribution in [3.63, 3.8) is 0 Å². The van der Waals surface area contributed by atoms with E-state index in [0.717, 1.165) is 16.5 Å². The Balaban J connectivity index is 2.21. The number of hydrogen-bond acceptors (Lipinski definition) is 2. The van der Waals surface area contributed by atoms with E-state index in [1.54, 1.807) is 12.1 Å². The molecule has 5 heteroatoms. The highest BCUT2D eigenvalue weighted by Gasteiger charge is 2.15. The second-order valence-corrected chi connectivity index (χ2v) is 7.36. The van der Waals surface area contributed by atoms with E-state index in [2.05, 4.69) is 35.1 Å². The summed E-state index contributed by atoms with van der Waals surface area (Å²) in [5, 5.41) is 3.53. The molecule has 0 spiro atoms. The van der Waals surface area contributed by atoms with Crippen LogP contribution in [0, 0.1) is 12.8 Å². The maximum Gasteiger partial charge on any atom is 0.259 e. The van der Waals surface area contributed by atoms with Crippen molar-refractivity contribution in [3.8, 4) is 5.75 Å². The third-order valence-corrected chi connectivity index (χ3v) is 4.56. The van der Waals surface area contributed by atoms with Crippen LogP contribution in [0.5, 0.6) is 5.75 Å². The van der Waals surface area contributed by atoms with E-state index in [1.165, 1.54) is 0 Å². The van der Waals surface area contributed by atoms with Crippen molar-refractivity contribution in [1.29, 1.82) is 0 Å². The zero-order valence-electron chi connectivity index (χ0n) is 14.0. The number of amides is 1. The molecule has 0 fully saturated rings. The van der Waals surface area contributed by atoms with Gasteiger partial charge in [0.05, 0.1) is 12.2 Å². The van der Waals surface area contributed by atoms with E-state index in [1.807, 2.05) is 31.2 Å². The molecule has 0 aromatic heterocycles. The summed E-state index contributed by atoms with van der Waals surface area (Å²) in [5.41, 5.74) is 2.03. The maximum atomic E-state index is 12.7. The molecule has 1 amide bonds. The molecule has 0 saturated carbocycles. The monoisotopic (exact) mass is 409 g/mol. The highest BCUT2D eigenvalue weighted by atomic mass is 79.9. The fraction of sp³-hybridized carbons (Fsp3) is 0.316. The minimum Gasteiger partial charge on any atom is -0.493 e. The van der Waals surface area contributed by atoms with Crippen LogP contribution in [0.1, 0.15) is 36.2 Å². The van der Waals surface area contributed by atoms with Crippen LogP contribution in [-0.4, -0.2) is 12.5 Å². The zero-order chi connectivity index (χ0) is 17.7. The lowest BCUT2D eigenvalue weighted by Crippen LogP contribution is -2.15. The van der Waals surface area contributed by atoms with Gasteiger partial charge in [-0.25, -0.2) is 0 Å². The Hall–Kier alpha value is -1.52. The number of halogens is 2. The SMILES string of the molecule is Cc1c(Cl)cccc1NC(=O)c1cc(Br)ccc1OCCC(C)C. The summed E-state index contributed by atoms with van der Waals surface area (Å²) in [7, 11) is 0. The fourth-order valence-corrected chi connectivity index (χ4v) is 2.68. The highest BCUT2D eigenvalue weighted by molar-refractivity contribution is 9.10. The Morgan fingerprint density at radius 3 is 2.75 bits per heavy atom. The first kappa shape index (κ1) is 18.8. The number of nitrogens with one attached hydrogen (secondary N) is 1. The van der Waals surface area contributed by atoms with Crippen LogP contribution >= 0.6 is 27.5 Å². The molecule has 0 aliphatic carbocycles. The molecule has 2 aromatic carbocycles. The quantitative estimate of drug-likeness (QED) is 0.626. The van der Waals surface area contributed by atoms with Crippen LogP contribution in [-0.2, 0) is 0 Å². The number of hydrogen-bond donors (Lipinski definition) is 1. The van der Waals surface area contributed by atoms with Gasteiger partial charge in [-0.3, -0.25) is 4.79 Å². The van der Waals surface area contributed by atoms with Crippen molar-refractivity contribution >= 4 is 39.1 Å². The van der Waals surface area contributed by atoms with Crippen LogP contribution in [0.25, 0.3) is 0 Å². The summed E-state index contributed by atoms with van der Waals surface area (Å²) in [6.45, 7) is 6.73. The predicted molar refractivity (Wildman–Crippen MR) is 103 cm³/mol. The summed E-state index contributed by atoms with van der Waals surface area (Å²) in [4.78, 5) is 12.7. The van der Waals surface area contributed by atoms with Crippen LogP contribution in [0.4, 0.5) is 5.69 Å². The van der Waals surface area contributed by atoms with E-state index in [-0.39, 0.29) is 5.91 Å².